The summed E-state index contributed by atoms with van der Waals surface area (Å²) in [5, 5.41) is 0.520. The Kier molecular flexibility index (Phi) is 5.56. The maximum Gasteiger partial charge on any atom is 0.173 e. The molecule has 0 N–H and O–H groups in total. The lowest BCUT2D eigenvalue weighted by Crippen LogP contribution is -2.11. The Morgan fingerprint density at radius 2 is 1.94 bits per heavy atom. The highest BCUT2D eigenvalue weighted by atomic mass is 79.9. The fourth-order valence-electron chi connectivity index (χ4n) is 1.16. The van der Waals surface area contributed by atoms with E-state index in [1.807, 2.05) is 24.3 Å². The van der Waals surface area contributed by atoms with Crippen molar-refractivity contribution in [3.05, 3.63) is 34.3 Å². The summed E-state index contributed by atoms with van der Waals surface area (Å²) in [6, 6.07) is 7.59. The van der Waals surface area contributed by atoms with Gasteiger partial charge in [-0.1, -0.05) is 54.9 Å². The largest absolute Gasteiger partial charge is 0.293 e. The molecule has 3 heteroatoms. The standard InChI is InChI=1S/C13H17BrOS/c1-9(2)10(3)16-8-13(15)11-6-4-5-7-12(11)14/h4-7,9-10H,8H2,1-3H3. The zero-order valence-corrected chi connectivity index (χ0v) is 12.3. The van der Waals surface area contributed by atoms with Crippen molar-refractivity contribution in [2.45, 2.75) is 26.0 Å². The molecule has 0 heterocycles. The first-order valence-electron chi connectivity index (χ1n) is 5.41. The van der Waals surface area contributed by atoms with Crippen LogP contribution in [0, 0.1) is 5.92 Å². The van der Waals surface area contributed by atoms with E-state index in [0.29, 0.717) is 16.9 Å². The van der Waals surface area contributed by atoms with Crippen LogP contribution in [-0.4, -0.2) is 16.8 Å². The topological polar surface area (TPSA) is 17.1 Å². The normalized spacial score (nSPS) is 12.8. The van der Waals surface area contributed by atoms with Crippen LogP contribution in [0.1, 0.15) is 31.1 Å². The second-order valence-corrected chi connectivity index (χ2v) is 6.38. The number of carbonyl (C=O) groups excluding carboxylic acids is 1. The van der Waals surface area contributed by atoms with Crippen molar-refractivity contribution >= 4 is 33.5 Å². The lowest BCUT2D eigenvalue weighted by molar-refractivity contribution is 0.102. The van der Waals surface area contributed by atoms with Gasteiger partial charge in [-0.3, -0.25) is 4.79 Å². The van der Waals surface area contributed by atoms with Gasteiger partial charge in [0.25, 0.3) is 0 Å². The maximum atomic E-state index is 11.9. The summed E-state index contributed by atoms with van der Waals surface area (Å²) in [5.41, 5.74) is 0.783. The number of thioether (sulfide) groups is 1. The van der Waals surface area contributed by atoms with E-state index in [0.717, 1.165) is 10.0 Å². The summed E-state index contributed by atoms with van der Waals surface area (Å²) in [7, 11) is 0. The molecule has 0 bridgehead atoms. The first-order chi connectivity index (χ1) is 7.52. The molecule has 1 unspecified atom stereocenters. The third-order valence-corrected chi connectivity index (χ3v) is 4.78. The second kappa shape index (κ2) is 6.45. The molecular weight excluding hydrogens is 284 g/mol. The quantitative estimate of drug-likeness (QED) is 0.749. The van der Waals surface area contributed by atoms with Gasteiger partial charge in [-0.15, -0.1) is 0 Å². The highest BCUT2D eigenvalue weighted by molar-refractivity contribution is 9.10. The molecule has 1 rings (SSSR count). The molecule has 0 fully saturated rings. The molecule has 1 atom stereocenters. The predicted molar refractivity (Wildman–Crippen MR) is 75.2 cm³/mol. The fraction of sp³-hybridized carbons (Fsp3) is 0.462. The zero-order valence-electron chi connectivity index (χ0n) is 9.87. The van der Waals surface area contributed by atoms with Gasteiger partial charge in [0.1, 0.15) is 0 Å². The highest BCUT2D eigenvalue weighted by Gasteiger charge is 2.13. The fourth-order valence-corrected chi connectivity index (χ4v) is 2.63. The molecule has 16 heavy (non-hydrogen) atoms. The summed E-state index contributed by atoms with van der Waals surface area (Å²) in [6.45, 7) is 6.53. The molecule has 1 aromatic carbocycles. The van der Waals surface area contributed by atoms with Gasteiger partial charge in [0.2, 0.25) is 0 Å². The Labute approximate surface area is 110 Å². The Bertz CT molecular complexity index is 363. The molecule has 0 radical (unpaired) electrons. The average Bonchev–Trinajstić information content (AvgIpc) is 2.25. The second-order valence-electron chi connectivity index (χ2n) is 4.16. The van der Waals surface area contributed by atoms with Gasteiger partial charge in [0.05, 0.1) is 5.75 Å². The molecular formula is C13H17BrOS. The van der Waals surface area contributed by atoms with Gasteiger partial charge in [0.15, 0.2) is 5.78 Å². The lowest BCUT2D eigenvalue weighted by atomic mass is 10.1. The molecule has 0 aliphatic carbocycles. The van der Waals surface area contributed by atoms with Crippen LogP contribution in [0.15, 0.2) is 28.7 Å². The monoisotopic (exact) mass is 300 g/mol. The van der Waals surface area contributed by atoms with Crippen molar-refractivity contribution in [1.29, 1.82) is 0 Å². The summed E-state index contributed by atoms with van der Waals surface area (Å²) in [4.78, 5) is 11.9. The third-order valence-electron chi connectivity index (χ3n) is 2.59. The zero-order chi connectivity index (χ0) is 12.1. The average molecular weight is 301 g/mol. The minimum atomic E-state index is 0.199. The first-order valence-corrected chi connectivity index (χ1v) is 7.26. The van der Waals surface area contributed by atoms with Crippen LogP contribution in [0.5, 0.6) is 0 Å². The molecule has 0 aliphatic rings. The number of hydrogen-bond donors (Lipinski definition) is 0. The number of rotatable bonds is 5. The van der Waals surface area contributed by atoms with Crippen LogP contribution >= 0.6 is 27.7 Å². The van der Waals surface area contributed by atoms with Crippen molar-refractivity contribution in [3.63, 3.8) is 0 Å². The number of hydrogen-bond acceptors (Lipinski definition) is 2. The summed E-state index contributed by atoms with van der Waals surface area (Å²) in [5.74, 6) is 1.36. The van der Waals surface area contributed by atoms with E-state index in [9.17, 15) is 4.79 Å². The lowest BCUT2D eigenvalue weighted by Gasteiger charge is -2.14. The van der Waals surface area contributed by atoms with Gasteiger partial charge in [-0.2, -0.15) is 11.8 Å². The molecule has 88 valence electrons. The maximum absolute atomic E-state index is 11.9. The van der Waals surface area contributed by atoms with E-state index >= 15 is 0 Å². The van der Waals surface area contributed by atoms with Crippen LogP contribution < -0.4 is 0 Å². The Balaban J connectivity index is 2.57. The van der Waals surface area contributed by atoms with Gasteiger partial charge in [0, 0.05) is 15.3 Å². The predicted octanol–water partition coefficient (Wildman–Crippen LogP) is 4.41. The van der Waals surface area contributed by atoms with Gasteiger partial charge in [-0.25, -0.2) is 0 Å². The molecule has 0 aromatic heterocycles. The molecule has 0 aliphatic heterocycles. The van der Waals surface area contributed by atoms with Gasteiger partial charge < -0.3 is 0 Å². The molecule has 0 saturated carbocycles. The number of halogens is 1. The number of ketones is 1. The highest BCUT2D eigenvalue weighted by Crippen LogP contribution is 2.22. The van der Waals surface area contributed by atoms with Gasteiger partial charge >= 0.3 is 0 Å². The van der Waals surface area contributed by atoms with Crippen molar-refractivity contribution in [2.75, 3.05) is 5.75 Å². The first kappa shape index (κ1) is 13.8. The Morgan fingerprint density at radius 3 is 2.50 bits per heavy atom. The van der Waals surface area contributed by atoms with E-state index < -0.39 is 0 Å². The molecule has 1 aromatic rings. The van der Waals surface area contributed by atoms with E-state index in [1.165, 1.54) is 0 Å². The van der Waals surface area contributed by atoms with Crippen LogP contribution in [-0.2, 0) is 0 Å². The van der Waals surface area contributed by atoms with Crippen molar-refractivity contribution < 1.29 is 4.79 Å². The van der Waals surface area contributed by atoms with E-state index in [-0.39, 0.29) is 5.78 Å². The molecule has 1 nitrogen and oxygen atoms in total. The van der Waals surface area contributed by atoms with Crippen molar-refractivity contribution in [2.24, 2.45) is 5.92 Å². The van der Waals surface area contributed by atoms with Crippen LogP contribution in [0.4, 0.5) is 0 Å². The Hall–Kier alpha value is -0.280. The van der Waals surface area contributed by atoms with Crippen LogP contribution in [0.3, 0.4) is 0 Å². The molecule has 0 amide bonds. The molecule has 0 saturated heterocycles. The van der Waals surface area contributed by atoms with E-state index in [1.54, 1.807) is 11.8 Å². The Morgan fingerprint density at radius 1 is 1.31 bits per heavy atom. The SMILES string of the molecule is CC(C)C(C)SCC(=O)c1ccccc1Br. The van der Waals surface area contributed by atoms with Crippen LogP contribution in [0.2, 0.25) is 0 Å². The summed E-state index contributed by atoms with van der Waals surface area (Å²) < 4.78 is 0.887. The summed E-state index contributed by atoms with van der Waals surface area (Å²) in [6.07, 6.45) is 0. The van der Waals surface area contributed by atoms with Crippen LogP contribution in [0.25, 0.3) is 0 Å². The van der Waals surface area contributed by atoms with E-state index in [2.05, 4.69) is 36.7 Å². The number of carbonyl (C=O) groups is 1. The number of Topliss-reactive ketones (excluding diaryl/α,β-unsaturated/α-hetero) is 1. The molecule has 0 spiro atoms. The summed E-state index contributed by atoms with van der Waals surface area (Å²) >= 11 is 5.13. The van der Waals surface area contributed by atoms with Crippen molar-refractivity contribution in [1.82, 2.24) is 0 Å². The van der Waals surface area contributed by atoms with E-state index in [4.69, 9.17) is 0 Å². The minimum Gasteiger partial charge on any atom is -0.293 e. The smallest absolute Gasteiger partial charge is 0.173 e. The minimum absolute atomic E-state index is 0.199. The van der Waals surface area contributed by atoms with Gasteiger partial charge in [-0.05, 0) is 12.0 Å². The number of benzene rings is 1. The third kappa shape index (κ3) is 3.95. The van der Waals surface area contributed by atoms with Crippen molar-refractivity contribution in [3.8, 4) is 0 Å².